The molecule has 1 saturated carbocycles. The first-order chi connectivity index (χ1) is 8.75. The number of nitrogen functional groups attached to an aromatic ring is 1. The van der Waals surface area contributed by atoms with Gasteiger partial charge in [-0.3, -0.25) is 0 Å². The molecule has 3 atom stereocenters. The van der Waals surface area contributed by atoms with Crippen molar-refractivity contribution < 1.29 is 5.11 Å². The summed E-state index contributed by atoms with van der Waals surface area (Å²) in [6.45, 7) is 0. The van der Waals surface area contributed by atoms with Crippen molar-refractivity contribution in [2.75, 3.05) is 5.73 Å². The molecule has 2 heteroatoms. The molecule has 1 aliphatic carbocycles. The lowest BCUT2D eigenvalue weighted by molar-refractivity contribution is 0.151. The molecule has 2 aromatic rings. The van der Waals surface area contributed by atoms with E-state index in [0.29, 0.717) is 17.5 Å². The van der Waals surface area contributed by atoms with E-state index >= 15 is 0 Å². The summed E-state index contributed by atoms with van der Waals surface area (Å²) in [4.78, 5) is 0. The lowest BCUT2D eigenvalue weighted by Gasteiger charge is -2.11. The number of benzene rings is 2. The molecule has 1 fully saturated rings. The largest absolute Gasteiger partial charge is 0.399 e. The molecular formula is C16H17NO. The number of nitrogens with two attached hydrogens (primary N) is 1. The zero-order chi connectivity index (χ0) is 12.5. The van der Waals surface area contributed by atoms with Crippen LogP contribution in [0, 0.1) is 5.92 Å². The van der Waals surface area contributed by atoms with Crippen molar-refractivity contribution in [2.24, 2.45) is 5.92 Å². The van der Waals surface area contributed by atoms with E-state index in [4.69, 9.17) is 5.73 Å². The predicted octanol–water partition coefficient (Wildman–Crippen LogP) is 3.11. The van der Waals surface area contributed by atoms with Gasteiger partial charge in [-0.25, -0.2) is 0 Å². The molecule has 2 nitrogen and oxygen atoms in total. The summed E-state index contributed by atoms with van der Waals surface area (Å²) in [6.07, 6.45) is 0.652. The molecule has 1 aliphatic rings. The van der Waals surface area contributed by atoms with Crippen LogP contribution in [-0.4, -0.2) is 5.11 Å². The summed E-state index contributed by atoms with van der Waals surface area (Å²) in [5.74, 6) is 0.817. The smallest absolute Gasteiger partial charge is 0.0825 e. The fourth-order valence-electron chi connectivity index (χ4n) is 2.64. The second kappa shape index (κ2) is 4.46. The van der Waals surface area contributed by atoms with E-state index in [-0.39, 0.29) is 0 Å². The van der Waals surface area contributed by atoms with Crippen LogP contribution in [0.4, 0.5) is 5.69 Å². The monoisotopic (exact) mass is 239 g/mol. The van der Waals surface area contributed by atoms with Gasteiger partial charge in [0.1, 0.15) is 0 Å². The van der Waals surface area contributed by atoms with Crippen molar-refractivity contribution in [1.29, 1.82) is 0 Å². The van der Waals surface area contributed by atoms with E-state index in [1.807, 2.05) is 30.3 Å². The summed E-state index contributed by atoms with van der Waals surface area (Å²) in [6, 6.07) is 18.0. The minimum atomic E-state index is -0.404. The summed E-state index contributed by atoms with van der Waals surface area (Å²) in [5, 5.41) is 10.4. The Labute approximate surface area is 107 Å². The third-order valence-electron chi connectivity index (χ3n) is 3.73. The number of aliphatic hydroxyl groups is 1. The molecule has 3 rings (SSSR count). The summed E-state index contributed by atoms with van der Waals surface area (Å²) in [7, 11) is 0. The van der Waals surface area contributed by atoms with Crippen molar-refractivity contribution >= 4 is 5.69 Å². The van der Waals surface area contributed by atoms with Gasteiger partial charge in [-0.2, -0.15) is 0 Å². The van der Waals surface area contributed by atoms with E-state index in [1.54, 1.807) is 0 Å². The highest BCUT2D eigenvalue weighted by Gasteiger charge is 2.43. The molecule has 0 aliphatic heterocycles. The highest BCUT2D eigenvalue weighted by atomic mass is 16.3. The van der Waals surface area contributed by atoms with Gasteiger partial charge in [0.05, 0.1) is 6.10 Å². The van der Waals surface area contributed by atoms with Gasteiger partial charge in [-0.1, -0.05) is 42.5 Å². The highest BCUT2D eigenvalue weighted by molar-refractivity contribution is 5.42. The van der Waals surface area contributed by atoms with E-state index in [2.05, 4.69) is 24.3 Å². The highest BCUT2D eigenvalue weighted by Crippen LogP contribution is 2.54. The average molecular weight is 239 g/mol. The Hall–Kier alpha value is -1.80. The maximum atomic E-state index is 10.4. The van der Waals surface area contributed by atoms with Crippen LogP contribution < -0.4 is 5.73 Å². The Morgan fingerprint density at radius 3 is 2.56 bits per heavy atom. The number of aliphatic hydroxyl groups excluding tert-OH is 1. The van der Waals surface area contributed by atoms with Gasteiger partial charge >= 0.3 is 0 Å². The molecule has 3 N–H and O–H groups in total. The maximum Gasteiger partial charge on any atom is 0.0825 e. The summed E-state index contributed by atoms with van der Waals surface area (Å²) >= 11 is 0. The molecule has 92 valence electrons. The normalized spacial score (nSPS) is 23.6. The number of hydrogen-bond acceptors (Lipinski definition) is 2. The van der Waals surface area contributed by atoms with Gasteiger partial charge in [0.2, 0.25) is 0 Å². The van der Waals surface area contributed by atoms with Gasteiger partial charge in [-0.15, -0.1) is 0 Å². The van der Waals surface area contributed by atoms with Gasteiger partial charge < -0.3 is 10.8 Å². The molecule has 0 spiro atoms. The lowest BCUT2D eigenvalue weighted by Crippen LogP contribution is -2.02. The summed E-state index contributed by atoms with van der Waals surface area (Å²) < 4.78 is 0. The van der Waals surface area contributed by atoms with Gasteiger partial charge in [0.15, 0.2) is 0 Å². The average Bonchev–Trinajstić information content (AvgIpc) is 3.19. The van der Waals surface area contributed by atoms with Crippen LogP contribution in [0.2, 0.25) is 0 Å². The van der Waals surface area contributed by atoms with Crippen LogP contribution in [-0.2, 0) is 0 Å². The molecule has 0 saturated heterocycles. The van der Waals surface area contributed by atoms with Crippen molar-refractivity contribution in [3.05, 3.63) is 65.7 Å². The first kappa shape index (κ1) is 11.3. The van der Waals surface area contributed by atoms with E-state index in [0.717, 1.165) is 12.0 Å². The zero-order valence-electron chi connectivity index (χ0n) is 10.2. The van der Waals surface area contributed by atoms with E-state index in [9.17, 15) is 5.11 Å². The topological polar surface area (TPSA) is 46.2 Å². The van der Waals surface area contributed by atoms with Gasteiger partial charge in [0.25, 0.3) is 0 Å². The number of hydrogen-bond donors (Lipinski definition) is 2. The van der Waals surface area contributed by atoms with Crippen LogP contribution in [0.3, 0.4) is 0 Å². The molecule has 3 unspecified atom stereocenters. The Morgan fingerprint density at radius 2 is 1.83 bits per heavy atom. The fourth-order valence-corrected chi connectivity index (χ4v) is 2.64. The molecule has 0 heterocycles. The molecule has 0 radical (unpaired) electrons. The molecule has 0 bridgehead atoms. The van der Waals surface area contributed by atoms with Crippen molar-refractivity contribution in [1.82, 2.24) is 0 Å². The first-order valence-corrected chi connectivity index (χ1v) is 6.34. The SMILES string of the molecule is Nc1cccc(C(O)C2CC2c2ccccc2)c1. The molecular weight excluding hydrogens is 222 g/mol. The van der Waals surface area contributed by atoms with E-state index < -0.39 is 6.10 Å². The predicted molar refractivity (Wildman–Crippen MR) is 73.1 cm³/mol. The standard InChI is InChI=1S/C16H17NO/c17-13-8-4-7-12(9-13)16(18)15-10-14(15)11-5-2-1-3-6-11/h1-9,14-16,18H,10,17H2. The van der Waals surface area contributed by atoms with Crippen molar-refractivity contribution in [3.63, 3.8) is 0 Å². The third-order valence-corrected chi connectivity index (χ3v) is 3.73. The van der Waals surface area contributed by atoms with Crippen molar-refractivity contribution in [2.45, 2.75) is 18.4 Å². The minimum absolute atomic E-state index is 0.328. The quantitative estimate of drug-likeness (QED) is 0.808. The van der Waals surface area contributed by atoms with Crippen LogP contribution in [0.1, 0.15) is 29.6 Å². The van der Waals surface area contributed by atoms with Crippen LogP contribution >= 0.6 is 0 Å². The van der Waals surface area contributed by atoms with Gasteiger partial charge in [0, 0.05) is 5.69 Å². The maximum absolute atomic E-state index is 10.4. The second-order valence-corrected chi connectivity index (χ2v) is 5.03. The van der Waals surface area contributed by atoms with Crippen LogP contribution in [0.5, 0.6) is 0 Å². The molecule has 18 heavy (non-hydrogen) atoms. The third kappa shape index (κ3) is 2.12. The number of rotatable bonds is 3. The van der Waals surface area contributed by atoms with Crippen LogP contribution in [0.25, 0.3) is 0 Å². The molecule has 0 aromatic heterocycles. The fraction of sp³-hybridized carbons (Fsp3) is 0.250. The van der Waals surface area contributed by atoms with E-state index in [1.165, 1.54) is 5.56 Å². The Balaban J connectivity index is 1.75. The second-order valence-electron chi connectivity index (χ2n) is 5.03. The zero-order valence-corrected chi connectivity index (χ0v) is 10.2. The van der Waals surface area contributed by atoms with Gasteiger partial charge in [-0.05, 0) is 41.5 Å². The number of anilines is 1. The summed E-state index contributed by atoms with van der Waals surface area (Å²) in [5.41, 5.74) is 8.72. The molecule has 0 amide bonds. The van der Waals surface area contributed by atoms with Crippen molar-refractivity contribution in [3.8, 4) is 0 Å². The Morgan fingerprint density at radius 1 is 1.06 bits per heavy atom. The Kier molecular flexibility index (Phi) is 2.80. The van der Waals surface area contributed by atoms with Crippen LogP contribution in [0.15, 0.2) is 54.6 Å². The first-order valence-electron chi connectivity index (χ1n) is 6.34. The molecule has 2 aromatic carbocycles. The lowest BCUT2D eigenvalue weighted by atomic mass is 10.0. The Bertz CT molecular complexity index is 538. The minimum Gasteiger partial charge on any atom is -0.399 e.